The molecule has 28 heavy (non-hydrogen) atoms. The van der Waals surface area contributed by atoms with Gasteiger partial charge in [0, 0.05) is 10.6 Å². The van der Waals surface area contributed by atoms with E-state index in [0.29, 0.717) is 22.3 Å². The summed E-state index contributed by atoms with van der Waals surface area (Å²) >= 11 is 6.15. The number of amides is 1. The third-order valence-corrected chi connectivity index (χ3v) is 4.44. The molecule has 0 saturated heterocycles. The first-order valence-corrected chi connectivity index (χ1v) is 9.18. The molecule has 0 aliphatic rings. The van der Waals surface area contributed by atoms with Crippen molar-refractivity contribution in [3.05, 3.63) is 76.0 Å². The molecule has 2 aromatic carbocycles. The quantitative estimate of drug-likeness (QED) is 0.468. The van der Waals surface area contributed by atoms with Crippen LogP contribution in [0.2, 0.25) is 5.02 Å². The van der Waals surface area contributed by atoms with Gasteiger partial charge in [-0.25, -0.2) is 5.43 Å². The van der Waals surface area contributed by atoms with Crippen molar-refractivity contribution in [3.63, 3.8) is 0 Å². The number of furan rings is 1. The highest BCUT2D eigenvalue weighted by Gasteiger charge is 2.06. The number of nitrogens with zero attached hydrogens (tertiary/aromatic N) is 1. The fourth-order valence-electron chi connectivity index (χ4n) is 2.69. The van der Waals surface area contributed by atoms with E-state index < -0.39 is 0 Å². The van der Waals surface area contributed by atoms with Crippen molar-refractivity contribution in [2.24, 2.45) is 5.10 Å². The van der Waals surface area contributed by atoms with Crippen molar-refractivity contribution in [2.45, 2.75) is 20.8 Å². The molecule has 0 fully saturated rings. The largest absolute Gasteiger partial charge is 0.484 e. The minimum Gasteiger partial charge on any atom is -0.484 e. The lowest BCUT2D eigenvalue weighted by molar-refractivity contribution is -0.123. The van der Waals surface area contributed by atoms with Gasteiger partial charge in [-0.3, -0.25) is 4.79 Å². The summed E-state index contributed by atoms with van der Waals surface area (Å²) in [5.74, 6) is 1.49. The maximum absolute atomic E-state index is 11.9. The number of hydrogen-bond acceptors (Lipinski definition) is 4. The first-order chi connectivity index (χ1) is 13.4. The summed E-state index contributed by atoms with van der Waals surface area (Å²) in [5, 5.41) is 4.58. The molecule has 3 rings (SSSR count). The van der Waals surface area contributed by atoms with E-state index in [-0.39, 0.29) is 12.5 Å². The summed E-state index contributed by atoms with van der Waals surface area (Å²) in [7, 11) is 0. The van der Waals surface area contributed by atoms with E-state index in [1.807, 2.05) is 63.2 Å². The maximum atomic E-state index is 11.9. The summed E-state index contributed by atoms with van der Waals surface area (Å²) in [5.41, 5.74) is 6.46. The van der Waals surface area contributed by atoms with Crippen molar-refractivity contribution < 1.29 is 13.9 Å². The number of ether oxygens (including phenoxy) is 1. The van der Waals surface area contributed by atoms with Crippen LogP contribution in [-0.4, -0.2) is 18.7 Å². The Morgan fingerprint density at radius 2 is 1.86 bits per heavy atom. The Labute approximate surface area is 169 Å². The van der Waals surface area contributed by atoms with Crippen LogP contribution in [0, 0.1) is 20.8 Å². The number of benzene rings is 2. The van der Waals surface area contributed by atoms with Crippen LogP contribution in [0.1, 0.15) is 22.5 Å². The minimum absolute atomic E-state index is 0.120. The zero-order chi connectivity index (χ0) is 20.1. The summed E-state index contributed by atoms with van der Waals surface area (Å²) in [6.45, 7) is 5.78. The molecule has 5 nitrogen and oxygen atoms in total. The first kappa shape index (κ1) is 19.7. The Balaban J connectivity index is 1.53. The van der Waals surface area contributed by atoms with Crippen LogP contribution in [-0.2, 0) is 4.79 Å². The van der Waals surface area contributed by atoms with E-state index in [2.05, 4.69) is 10.5 Å². The van der Waals surface area contributed by atoms with Gasteiger partial charge in [-0.05, 0) is 67.8 Å². The SMILES string of the molecule is Cc1cc(C)cc(OCC(=O)NN=Cc2ccc(-c3ccc(C)c(Cl)c3)o2)c1. The topological polar surface area (TPSA) is 63.8 Å². The maximum Gasteiger partial charge on any atom is 0.277 e. The molecular weight excluding hydrogens is 376 g/mol. The van der Waals surface area contributed by atoms with Gasteiger partial charge in [-0.2, -0.15) is 5.10 Å². The van der Waals surface area contributed by atoms with E-state index in [1.165, 1.54) is 6.21 Å². The Bertz CT molecular complexity index is 1000. The second-order valence-electron chi connectivity index (χ2n) is 6.57. The lowest BCUT2D eigenvalue weighted by Crippen LogP contribution is -2.24. The monoisotopic (exact) mass is 396 g/mol. The Hall–Kier alpha value is -3.05. The lowest BCUT2D eigenvalue weighted by atomic mass is 10.1. The van der Waals surface area contributed by atoms with Crippen LogP contribution in [0.15, 0.2) is 58.0 Å². The lowest BCUT2D eigenvalue weighted by Gasteiger charge is -2.07. The molecule has 1 aromatic heterocycles. The number of nitrogens with one attached hydrogen (secondary N) is 1. The van der Waals surface area contributed by atoms with Crippen LogP contribution >= 0.6 is 11.6 Å². The van der Waals surface area contributed by atoms with Gasteiger partial charge in [0.15, 0.2) is 6.61 Å². The molecule has 0 spiro atoms. The number of halogens is 1. The fourth-order valence-corrected chi connectivity index (χ4v) is 2.87. The molecule has 1 amide bonds. The van der Waals surface area contributed by atoms with E-state index >= 15 is 0 Å². The van der Waals surface area contributed by atoms with Crippen molar-refractivity contribution in [3.8, 4) is 17.1 Å². The Morgan fingerprint density at radius 3 is 2.57 bits per heavy atom. The second kappa shape index (κ2) is 8.76. The third kappa shape index (κ3) is 5.24. The van der Waals surface area contributed by atoms with Crippen molar-refractivity contribution >= 4 is 23.7 Å². The average Bonchev–Trinajstić information content (AvgIpc) is 3.10. The molecule has 6 heteroatoms. The molecule has 1 heterocycles. The third-order valence-electron chi connectivity index (χ3n) is 4.03. The van der Waals surface area contributed by atoms with Gasteiger partial charge in [0.05, 0.1) is 6.21 Å². The van der Waals surface area contributed by atoms with Gasteiger partial charge in [0.1, 0.15) is 17.3 Å². The summed E-state index contributed by atoms with van der Waals surface area (Å²) < 4.78 is 11.2. The van der Waals surface area contributed by atoms with Crippen LogP contribution in [0.25, 0.3) is 11.3 Å². The smallest absolute Gasteiger partial charge is 0.277 e. The molecule has 144 valence electrons. The normalized spacial score (nSPS) is 11.0. The zero-order valence-corrected chi connectivity index (χ0v) is 16.7. The molecule has 0 unspecified atom stereocenters. The standard InChI is InChI=1S/C22H21ClN2O3/c1-14-8-15(2)10-19(9-14)27-13-22(26)25-24-12-18-6-7-21(28-18)17-5-4-16(3)20(23)11-17/h4-12H,13H2,1-3H3,(H,25,26). The highest BCUT2D eigenvalue weighted by molar-refractivity contribution is 6.31. The number of hydrazone groups is 1. The zero-order valence-electron chi connectivity index (χ0n) is 16.0. The average molecular weight is 397 g/mol. The second-order valence-corrected chi connectivity index (χ2v) is 6.98. The van der Waals surface area contributed by atoms with E-state index in [1.54, 1.807) is 6.07 Å². The van der Waals surface area contributed by atoms with Gasteiger partial charge < -0.3 is 9.15 Å². The van der Waals surface area contributed by atoms with Crippen molar-refractivity contribution in [1.29, 1.82) is 0 Å². The summed E-state index contributed by atoms with van der Waals surface area (Å²) in [4.78, 5) is 11.9. The number of carbonyl (C=O) groups is 1. The van der Waals surface area contributed by atoms with Crippen LogP contribution < -0.4 is 10.2 Å². The van der Waals surface area contributed by atoms with E-state index in [4.69, 9.17) is 20.8 Å². The Morgan fingerprint density at radius 1 is 1.11 bits per heavy atom. The van der Waals surface area contributed by atoms with Crippen LogP contribution in [0.5, 0.6) is 5.75 Å². The van der Waals surface area contributed by atoms with E-state index in [0.717, 1.165) is 22.3 Å². The highest BCUT2D eigenvalue weighted by atomic mass is 35.5. The van der Waals surface area contributed by atoms with Crippen LogP contribution in [0.4, 0.5) is 0 Å². The fraction of sp³-hybridized carbons (Fsp3) is 0.182. The number of aryl methyl sites for hydroxylation is 3. The first-order valence-electron chi connectivity index (χ1n) is 8.80. The van der Waals surface area contributed by atoms with Gasteiger partial charge >= 0.3 is 0 Å². The Kier molecular flexibility index (Phi) is 6.16. The number of carbonyl (C=O) groups excluding carboxylic acids is 1. The molecule has 0 atom stereocenters. The van der Waals surface area contributed by atoms with Crippen molar-refractivity contribution in [2.75, 3.05) is 6.61 Å². The summed E-state index contributed by atoms with van der Waals surface area (Å²) in [6.07, 6.45) is 1.44. The van der Waals surface area contributed by atoms with Gasteiger partial charge in [-0.1, -0.05) is 29.8 Å². The summed E-state index contributed by atoms with van der Waals surface area (Å²) in [6, 6.07) is 15.1. The number of hydrogen-bond donors (Lipinski definition) is 1. The molecule has 0 radical (unpaired) electrons. The van der Waals surface area contributed by atoms with Crippen molar-refractivity contribution in [1.82, 2.24) is 5.43 Å². The minimum atomic E-state index is -0.354. The molecule has 0 bridgehead atoms. The predicted octanol–water partition coefficient (Wildman–Crippen LogP) is 5.05. The van der Waals surface area contributed by atoms with E-state index in [9.17, 15) is 4.79 Å². The van der Waals surface area contributed by atoms with Gasteiger partial charge in [0.25, 0.3) is 5.91 Å². The molecule has 1 N–H and O–H groups in total. The molecule has 0 aliphatic heterocycles. The molecular formula is C22H21ClN2O3. The molecule has 3 aromatic rings. The van der Waals surface area contributed by atoms with Gasteiger partial charge in [-0.15, -0.1) is 0 Å². The predicted molar refractivity (Wildman–Crippen MR) is 111 cm³/mol. The highest BCUT2D eigenvalue weighted by Crippen LogP contribution is 2.26. The molecule has 0 saturated carbocycles. The number of rotatable bonds is 6. The molecule has 0 aliphatic carbocycles. The van der Waals surface area contributed by atoms with Gasteiger partial charge in [0.2, 0.25) is 0 Å². The van der Waals surface area contributed by atoms with Crippen LogP contribution in [0.3, 0.4) is 0 Å².